The number of halogens is 3. The van der Waals surface area contributed by atoms with E-state index in [2.05, 4.69) is 69.2 Å². The van der Waals surface area contributed by atoms with Gasteiger partial charge in [-0.05, 0) is 60.8 Å². The van der Waals surface area contributed by atoms with Crippen LogP contribution in [0.5, 0.6) is 0 Å². The fourth-order valence-electron chi connectivity index (χ4n) is 2.27. The lowest BCUT2D eigenvalue weighted by Gasteiger charge is -2.22. The van der Waals surface area contributed by atoms with Crippen LogP contribution >= 0.6 is 43.5 Å². The number of benzene rings is 2. The van der Waals surface area contributed by atoms with Crippen LogP contribution in [0.2, 0.25) is 5.02 Å². The fourth-order valence-corrected chi connectivity index (χ4v) is 3.51. The van der Waals surface area contributed by atoms with E-state index in [9.17, 15) is 0 Å². The largest absolute Gasteiger partial charge is 0.306 e. The monoisotopic (exact) mass is 429 g/mol. The van der Waals surface area contributed by atoms with Gasteiger partial charge in [0.15, 0.2) is 0 Å². The Labute approximate surface area is 148 Å². The Hall–Kier alpha value is -0.350. The van der Waals surface area contributed by atoms with Crippen molar-refractivity contribution in [1.29, 1.82) is 0 Å². The van der Waals surface area contributed by atoms with Gasteiger partial charge in [-0.3, -0.25) is 0 Å². The molecule has 4 heteroatoms. The van der Waals surface area contributed by atoms with Crippen molar-refractivity contribution in [2.75, 3.05) is 6.54 Å². The maximum absolute atomic E-state index is 6.16. The summed E-state index contributed by atoms with van der Waals surface area (Å²) in [7, 11) is 0. The van der Waals surface area contributed by atoms with Gasteiger partial charge < -0.3 is 5.32 Å². The van der Waals surface area contributed by atoms with Gasteiger partial charge in [0.1, 0.15) is 0 Å². The highest BCUT2D eigenvalue weighted by atomic mass is 79.9. The molecule has 1 unspecified atom stereocenters. The van der Waals surface area contributed by atoms with E-state index in [4.69, 9.17) is 11.6 Å². The average molecular weight is 432 g/mol. The number of hydrogen-bond donors (Lipinski definition) is 1. The van der Waals surface area contributed by atoms with Crippen molar-refractivity contribution in [2.45, 2.75) is 26.3 Å². The summed E-state index contributed by atoms with van der Waals surface area (Å²) in [4.78, 5) is 0. The first-order chi connectivity index (χ1) is 10.0. The van der Waals surface area contributed by atoms with Crippen molar-refractivity contribution in [2.24, 2.45) is 0 Å². The summed E-state index contributed by atoms with van der Waals surface area (Å²) in [5.41, 5.74) is 3.60. The molecule has 1 atom stereocenters. The third-order valence-corrected chi connectivity index (χ3v) is 5.15. The van der Waals surface area contributed by atoms with Crippen LogP contribution in [0.1, 0.15) is 36.1 Å². The van der Waals surface area contributed by atoms with Gasteiger partial charge in [0.2, 0.25) is 0 Å². The second-order valence-electron chi connectivity index (χ2n) is 5.07. The number of rotatable bonds is 5. The van der Waals surface area contributed by atoms with Crippen LogP contribution in [-0.4, -0.2) is 6.54 Å². The highest BCUT2D eigenvalue weighted by Gasteiger charge is 2.17. The molecule has 2 rings (SSSR count). The lowest BCUT2D eigenvalue weighted by Crippen LogP contribution is -2.23. The SMILES string of the molecule is CCCNC(c1cccc(Cl)c1)c1cc(Br)c(C)cc1Br. The molecule has 2 aromatic carbocycles. The third-order valence-electron chi connectivity index (χ3n) is 3.37. The molecule has 0 aliphatic carbocycles. The van der Waals surface area contributed by atoms with Gasteiger partial charge in [-0.2, -0.15) is 0 Å². The normalized spacial score (nSPS) is 12.4. The Morgan fingerprint density at radius 3 is 2.57 bits per heavy atom. The molecule has 0 bridgehead atoms. The molecule has 0 heterocycles. The molecule has 0 aromatic heterocycles. The molecular weight excluding hydrogens is 413 g/mol. The predicted octanol–water partition coefficient (Wildman–Crippen LogP) is 6.26. The molecule has 0 aliphatic rings. The van der Waals surface area contributed by atoms with E-state index in [-0.39, 0.29) is 6.04 Å². The summed E-state index contributed by atoms with van der Waals surface area (Å²) < 4.78 is 2.22. The van der Waals surface area contributed by atoms with Crippen molar-refractivity contribution in [1.82, 2.24) is 5.32 Å². The Balaban J connectivity index is 2.47. The minimum Gasteiger partial charge on any atom is -0.306 e. The second-order valence-corrected chi connectivity index (χ2v) is 7.21. The maximum Gasteiger partial charge on any atom is 0.0588 e. The zero-order chi connectivity index (χ0) is 15.4. The van der Waals surface area contributed by atoms with E-state index in [1.165, 1.54) is 16.7 Å². The molecule has 0 fully saturated rings. The zero-order valence-corrected chi connectivity index (χ0v) is 16.0. The molecule has 112 valence electrons. The first-order valence-electron chi connectivity index (χ1n) is 6.97. The predicted molar refractivity (Wildman–Crippen MR) is 98.2 cm³/mol. The van der Waals surface area contributed by atoms with Gasteiger partial charge in [0.05, 0.1) is 6.04 Å². The molecule has 0 saturated carbocycles. The van der Waals surface area contributed by atoms with Crippen LogP contribution in [0.4, 0.5) is 0 Å². The van der Waals surface area contributed by atoms with Crippen LogP contribution in [0, 0.1) is 6.92 Å². The summed E-state index contributed by atoms with van der Waals surface area (Å²) in [6, 6.07) is 12.5. The molecule has 1 N–H and O–H groups in total. The van der Waals surface area contributed by atoms with Crippen molar-refractivity contribution in [3.63, 3.8) is 0 Å². The van der Waals surface area contributed by atoms with Crippen LogP contribution < -0.4 is 5.32 Å². The molecule has 21 heavy (non-hydrogen) atoms. The van der Waals surface area contributed by atoms with Gasteiger partial charge in [-0.15, -0.1) is 0 Å². The lowest BCUT2D eigenvalue weighted by atomic mass is 9.97. The number of nitrogens with one attached hydrogen (secondary N) is 1. The van der Waals surface area contributed by atoms with Crippen molar-refractivity contribution in [3.8, 4) is 0 Å². The number of hydrogen-bond acceptors (Lipinski definition) is 1. The first kappa shape index (κ1) is 17.0. The highest BCUT2D eigenvalue weighted by molar-refractivity contribution is 9.11. The van der Waals surface area contributed by atoms with Gasteiger partial charge >= 0.3 is 0 Å². The van der Waals surface area contributed by atoms with E-state index >= 15 is 0 Å². The minimum atomic E-state index is 0.120. The topological polar surface area (TPSA) is 12.0 Å². The van der Waals surface area contributed by atoms with Crippen LogP contribution in [0.25, 0.3) is 0 Å². The Morgan fingerprint density at radius 2 is 1.90 bits per heavy atom. The molecule has 0 amide bonds. The quantitative estimate of drug-likeness (QED) is 0.589. The molecule has 0 saturated heterocycles. The zero-order valence-electron chi connectivity index (χ0n) is 12.1. The molecule has 0 aliphatic heterocycles. The van der Waals surface area contributed by atoms with Crippen LogP contribution in [0.3, 0.4) is 0 Å². The van der Waals surface area contributed by atoms with Crippen molar-refractivity contribution < 1.29 is 0 Å². The summed E-state index contributed by atoms with van der Waals surface area (Å²) in [5.74, 6) is 0. The summed E-state index contributed by atoms with van der Waals surface area (Å²) >= 11 is 13.5. The van der Waals surface area contributed by atoms with E-state index in [1.807, 2.05) is 18.2 Å². The smallest absolute Gasteiger partial charge is 0.0588 e. The Kier molecular flexibility index (Phi) is 6.30. The van der Waals surface area contributed by atoms with E-state index < -0.39 is 0 Å². The van der Waals surface area contributed by atoms with Crippen LogP contribution in [0.15, 0.2) is 45.3 Å². The second kappa shape index (κ2) is 7.77. The summed E-state index contributed by atoms with van der Waals surface area (Å²) in [6.45, 7) is 5.21. The fraction of sp³-hybridized carbons (Fsp3) is 0.294. The Morgan fingerprint density at radius 1 is 1.14 bits per heavy atom. The van der Waals surface area contributed by atoms with Gasteiger partial charge in [-0.25, -0.2) is 0 Å². The maximum atomic E-state index is 6.16. The Bertz CT molecular complexity index is 628. The standard InChI is InChI=1S/C17H18Br2ClN/c1-3-7-21-17(12-5-4-6-13(20)9-12)14-10-15(18)11(2)8-16(14)19/h4-6,8-10,17,21H,3,7H2,1-2H3. The average Bonchev–Trinajstić information content (AvgIpc) is 2.44. The highest BCUT2D eigenvalue weighted by Crippen LogP contribution is 2.33. The van der Waals surface area contributed by atoms with E-state index in [0.717, 1.165) is 26.9 Å². The minimum absolute atomic E-state index is 0.120. The van der Waals surface area contributed by atoms with Gasteiger partial charge in [0, 0.05) is 14.0 Å². The molecular formula is C17H18Br2ClN. The van der Waals surface area contributed by atoms with Crippen molar-refractivity contribution >= 4 is 43.5 Å². The first-order valence-corrected chi connectivity index (χ1v) is 8.93. The van der Waals surface area contributed by atoms with E-state index in [1.54, 1.807) is 0 Å². The van der Waals surface area contributed by atoms with Gasteiger partial charge in [-0.1, -0.05) is 62.5 Å². The van der Waals surface area contributed by atoms with Crippen LogP contribution in [-0.2, 0) is 0 Å². The lowest BCUT2D eigenvalue weighted by molar-refractivity contribution is 0.596. The summed E-state index contributed by atoms with van der Waals surface area (Å²) in [6.07, 6.45) is 1.09. The summed E-state index contributed by atoms with van der Waals surface area (Å²) in [5, 5.41) is 4.37. The molecule has 1 nitrogen and oxygen atoms in total. The number of aryl methyl sites for hydroxylation is 1. The third kappa shape index (κ3) is 4.32. The van der Waals surface area contributed by atoms with Gasteiger partial charge in [0.25, 0.3) is 0 Å². The molecule has 2 aromatic rings. The molecule has 0 spiro atoms. The van der Waals surface area contributed by atoms with Crippen molar-refractivity contribution in [3.05, 3.63) is 67.1 Å². The molecule has 0 radical (unpaired) electrons. The van der Waals surface area contributed by atoms with E-state index in [0.29, 0.717) is 0 Å².